The molecular weight excluding hydrogens is 649 g/mol. The van der Waals surface area contributed by atoms with E-state index in [4.69, 9.17) is 34.4 Å². The lowest BCUT2D eigenvalue weighted by Crippen LogP contribution is -2.39. The highest BCUT2D eigenvalue weighted by Gasteiger charge is 2.33. The molecule has 0 radical (unpaired) electrons. The van der Waals surface area contributed by atoms with Gasteiger partial charge in [0.1, 0.15) is 6.54 Å². The Morgan fingerprint density at radius 1 is 0.875 bits per heavy atom. The van der Waals surface area contributed by atoms with Crippen LogP contribution in [0.5, 0.6) is 0 Å². The van der Waals surface area contributed by atoms with Crippen molar-refractivity contribution in [3.05, 3.63) is 129 Å². The van der Waals surface area contributed by atoms with Crippen LogP contribution in [-0.2, 0) is 14.3 Å². The summed E-state index contributed by atoms with van der Waals surface area (Å²) in [4.78, 5) is 50.3. The van der Waals surface area contributed by atoms with Gasteiger partial charge in [0.2, 0.25) is 5.91 Å². The number of carbonyl (C=O) groups is 3. The van der Waals surface area contributed by atoms with Gasteiger partial charge in [0.15, 0.2) is 0 Å². The summed E-state index contributed by atoms with van der Waals surface area (Å²) in [6, 6.07) is 29.7. The molecule has 4 aromatic carbocycles. The highest BCUT2D eigenvalue weighted by atomic mass is 35.5. The predicted molar refractivity (Wildman–Crippen MR) is 190 cm³/mol. The summed E-state index contributed by atoms with van der Waals surface area (Å²) in [5, 5.41) is 1.12. The van der Waals surface area contributed by atoms with E-state index >= 15 is 0 Å². The number of aliphatic imine (C=N–C) groups is 2. The molecule has 0 aliphatic carbocycles. The van der Waals surface area contributed by atoms with Gasteiger partial charge in [0.05, 0.1) is 29.3 Å². The number of carbonyl (C=O) groups excluding carboxylic acids is 3. The maximum atomic E-state index is 12.8. The number of anilines is 2. The van der Waals surface area contributed by atoms with Crippen LogP contribution >= 0.6 is 23.2 Å². The molecule has 1 atom stereocenters. The molecule has 4 aromatic rings. The van der Waals surface area contributed by atoms with Gasteiger partial charge < -0.3 is 14.5 Å². The van der Waals surface area contributed by atoms with Gasteiger partial charge in [-0.15, -0.1) is 6.42 Å². The highest BCUT2D eigenvalue weighted by molar-refractivity contribution is 6.32. The number of benzene rings is 4. The Morgan fingerprint density at radius 3 is 1.98 bits per heavy atom. The van der Waals surface area contributed by atoms with Gasteiger partial charge >= 0.3 is 6.09 Å². The molecule has 0 saturated carbocycles. The monoisotopic (exact) mass is 679 g/mol. The van der Waals surface area contributed by atoms with Crippen LogP contribution in [0.3, 0.4) is 0 Å². The maximum absolute atomic E-state index is 12.8. The van der Waals surface area contributed by atoms with Gasteiger partial charge in [-0.1, -0.05) is 89.8 Å². The summed E-state index contributed by atoms with van der Waals surface area (Å²) in [5.41, 5.74) is 5.94. The molecule has 11 heteroatoms. The van der Waals surface area contributed by atoms with Crippen LogP contribution in [0, 0.1) is 12.3 Å². The quantitative estimate of drug-likeness (QED) is 0.236. The number of benzodiazepines with no additional fused rings is 2. The van der Waals surface area contributed by atoms with Gasteiger partial charge in [-0.2, -0.15) is 0 Å². The van der Waals surface area contributed by atoms with Crippen molar-refractivity contribution in [3.63, 3.8) is 0 Å². The van der Waals surface area contributed by atoms with Crippen LogP contribution in [0.1, 0.15) is 22.3 Å². The molecule has 242 valence electrons. The Balaban J connectivity index is 0.000000190. The summed E-state index contributed by atoms with van der Waals surface area (Å²) in [6.07, 6.45) is 3.48. The van der Waals surface area contributed by atoms with Crippen LogP contribution in [0.2, 0.25) is 10.0 Å². The Bertz CT molecular complexity index is 1960. The molecule has 1 unspecified atom stereocenters. The number of amides is 3. The number of nitrogens with zero attached hydrogens (tertiary/aromatic N) is 5. The van der Waals surface area contributed by atoms with E-state index in [-0.39, 0.29) is 19.0 Å². The number of hydrogen-bond donors (Lipinski definition) is 0. The smallest absolute Gasteiger partial charge is 0.411 e. The van der Waals surface area contributed by atoms with Crippen molar-refractivity contribution in [2.45, 2.75) is 6.23 Å². The molecule has 3 amide bonds. The number of halogens is 2. The highest BCUT2D eigenvalue weighted by Crippen LogP contribution is 2.31. The molecule has 0 saturated heterocycles. The summed E-state index contributed by atoms with van der Waals surface area (Å²) < 4.78 is 5.30. The molecular formula is C37H31Cl2N5O4. The minimum absolute atomic E-state index is 0.0677. The fraction of sp³-hybridized carbons (Fsp3) is 0.162. The van der Waals surface area contributed by atoms with Gasteiger partial charge in [0, 0.05) is 53.4 Å². The molecule has 0 spiro atoms. The SMILES string of the molecule is C#CCN1C(=O)CN=C(c2ccccc2)c2cc(Cl)ccc21.CN(C)C(=O)OC1N=C(c2ccccc2)c2cc(Cl)ccc2N(C)C1=O. The maximum Gasteiger partial charge on any atom is 0.411 e. The second-order valence-corrected chi connectivity index (χ2v) is 11.8. The van der Waals surface area contributed by atoms with Gasteiger partial charge in [0.25, 0.3) is 12.1 Å². The molecule has 0 bridgehead atoms. The average Bonchev–Trinajstić information content (AvgIpc) is 3.28. The minimum Gasteiger partial charge on any atom is -0.414 e. The average molecular weight is 681 g/mol. The van der Waals surface area contributed by atoms with E-state index in [1.807, 2.05) is 72.8 Å². The lowest BCUT2D eigenvalue weighted by atomic mass is 10.0. The van der Waals surface area contributed by atoms with Gasteiger partial charge in [-0.25, -0.2) is 9.79 Å². The van der Waals surface area contributed by atoms with Crippen LogP contribution in [0.25, 0.3) is 0 Å². The summed E-state index contributed by atoms with van der Waals surface area (Å²) in [7, 11) is 4.71. The zero-order valence-corrected chi connectivity index (χ0v) is 27.9. The van der Waals surface area contributed by atoms with Gasteiger partial charge in [-0.3, -0.25) is 19.5 Å². The summed E-state index contributed by atoms with van der Waals surface area (Å²) in [5.74, 6) is 1.97. The third-order valence-electron chi connectivity index (χ3n) is 7.46. The third-order valence-corrected chi connectivity index (χ3v) is 7.93. The zero-order valence-electron chi connectivity index (χ0n) is 26.4. The molecule has 6 rings (SSSR count). The lowest BCUT2D eigenvalue weighted by Gasteiger charge is -2.21. The largest absolute Gasteiger partial charge is 0.414 e. The zero-order chi connectivity index (χ0) is 34.4. The first kappa shape index (κ1) is 33.9. The normalized spacial score (nSPS) is 15.3. The lowest BCUT2D eigenvalue weighted by molar-refractivity contribution is -0.126. The van der Waals surface area contributed by atoms with E-state index in [1.165, 1.54) is 9.80 Å². The van der Waals surface area contributed by atoms with Crippen molar-refractivity contribution < 1.29 is 19.1 Å². The first-order chi connectivity index (χ1) is 23.1. The molecule has 9 nitrogen and oxygen atoms in total. The van der Waals surface area contributed by atoms with Crippen LogP contribution < -0.4 is 9.80 Å². The summed E-state index contributed by atoms with van der Waals surface area (Å²) in [6.45, 7) is 0.281. The van der Waals surface area contributed by atoms with Crippen LogP contribution in [0.4, 0.5) is 16.2 Å². The molecule has 0 N–H and O–H groups in total. The van der Waals surface area contributed by atoms with Crippen molar-refractivity contribution in [1.82, 2.24) is 4.90 Å². The van der Waals surface area contributed by atoms with Crippen molar-refractivity contribution in [2.75, 3.05) is 44.0 Å². The fourth-order valence-corrected chi connectivity index (χ4v) is 5.46. The Hall–Kier alpha value is -5.43. The molecule has 0 aromatic heterocycles. The molecule has 2 heterocycles. The Labute approximate surface area is 289 Å². The second-order valence-electron chi connectivity index (χ2n) is 10.9. The van der Waals surface area contributed by atoms with Crippen LogP contribution in [0.15, 0.2) is 107 Å². The van der Waals surface area contributed by atoms with E-state index < -0.39 is 18.2 Å². The number of terminal acetylenes is 1. The first-order valence-corrected chi connectivity index (χ1v) is 15.6. The van der Waals surface area contributed by atoms with E-state index in [0.29, 0.717) is 27.0 Å². The predicted octanol–water partition coefficient (Wildman–Crippen LogP) is 6.34. The van der Waals surface area contributed by atoms with Crippen LogP contribution in [-0.4, -0.2) is 74.7 Å². The standard InChI is InChI=1S/C19H18ClN3O3.C18H13ClN2O/c1-22(2)19(25)26-17-18(24)23(3)15-10-9-13(20)11-14(15)16(21-17)12-7-5-4-6-8-12;1-2-10-21-16-9-8-14(19)11-15(16)18(20-12-17(21)22)13-6-4-3-5-7-13/h4-11,17H,1-3H3;1,3-9,11H,10,12H2. The van der Waals surface area contributed by atoms with E-state index in [2.05, 4.69) is 15.9 Å². The fourth-order valence-electron chi connectivity index (χ4n) is 5.11. The van der Waals surface area contributed by atoms with Crippen molar-refractivity contribution in [1.29, 1.82) is 0 Å². The Morgan fingerprint density at radius 2 is 1.42 bits per heavy atom. The molecule has 48 heavy (non-hydrogen) atoms. The van der Waals surface area contributed by atoms with E-state index in [1.54, 1.807) is 50.3 Å². The molecule has 2 aliphatic heterocycles. The number of fused-ring (bicyclic) bond motifs is 2. The first-order valence-electron chi connectivity index (χ1n) is 14.8. The minimum atomic E-state index is -1.28. The number of hydrogen-bond acceptors (Lipinski definition) is 6. The second kappa shape index (κ2) is 15.0. The van der Waals surface area contributed by atoms with Gasteiger partial charge in [-0.05, 0) is 36.4 Å². The number of rotatable bonds is 4. The van der Waals surface area contributed by atoms with Crippen molar-refractivity contribution in [2.24, 2.45) is 9.98 Å². The van der Waals surface area contributed by atoms with Crippen molar-refractivity contribution in [3.8, 4) is 12.3 Å². The number of likely N-dealkylation sites (N-methyl/N-ethyl adjacent to an activating group) is 1. The van der Waals surface area contributed by atoms with E-state index in [0.717, 1.165) is 28.1 Å². The molecule has 0 fully saturated rings. The number of ether oxygens (including phenoxy) is 1. The summed E-state index contributed by atoms with van der Waals surface area (Å²) >= 11 is 12.3. The topological polar surface area (TPSA) is 94.9 Å². The van der Waals surface area contributed by atoms with E-state index in [9.17, 15) is 14.4 Å². The van der Waals surface area contributed by atoms with Crippen molar-refractivity contribution >= 4 is 63.9 Å². The Kier molecular flexibility index (Phi) is 10.6. The molecule has 2 aliphatic rings. The third kappa shape index (κ3) is 7.41.